The highest BCUT2D eigenvalue weighted by molar-refractivity contribution is 7.92. The molecule has 2 amide bonds. The summed E-state index contributed by atoms with van der Waals surface area (Å²) in [5.41, 5.74) is 1.83. The Morgan fingerprint density at radius 1 is 0.912 bits per heavy atom. The Bertz CT molecular complexity index is 1380. The minimum atomic E-state index is -3.84. The fourth-order valence-electron chi connectivity index (χ4n) is 3.67. The molecule has 10 heteroatoms. The first-order chi connectivity index (χ1) is 16.1. The average Bonchev–Trinajstić information content (AvgIpc) is 2.81. The zero-order chi connectivity index (χ0) is 24.5. The lowest BCUT2D eigenvalue weighted by molar-refractivity contribution is -0.133. The van der Waals surface area contributed by atoms with Gasteiger partial charge in [-0.3, -0.25) is 13.9 Å². The molecule has 3 aromatic carbocycles. The van der Waals surface area contributed by atoms with E-state index in [1.807, 2.05) is 12.2 Å². The SMILES string of the molecule is Cc1ccc(S(=O)(=O)N2CCCc3ccc(NC(=O)C(=O)Nc4cc(F)ccc4F)cc32)cc1. The Labute approximate surface area is 195 Å². The van der Waals surface area contributed by atoms with Gasteiger partial charge in [0.15, 0.2) is 0 Å². The number of hydrogen-bond donors (Lipinski definition) is 2. The number of carbonyl (C=O) groups excluding carboxylic acids is 2. The number of sulfonamides is 1. The molecule has 0 radical (unpaired) electrons. The van der Waals surface area contributed by atoms with E-state index in [0.717, 1.165) is 29.3 Å². The van der Waals surface area contributed by atoms with E-state index in [9.17, 15) is 26.8 Å². The van der Waals surface area contributed by atoms with Crippen molar-refractivity contribution in [1.82, 2.24) is 0 Å². The summed E-state index contributed by atoms with van der Waals surface area (Å²) in [6.07, 6.45) is 1.29. The normalized spacial score (nSPS) is 13.2. The molecule has 34 heavy (non-hydrogen) atoms. The lowest BCUT2D eigenvalue weighted by Gasteiger charge is -2.31. The Hall–Kier alpha value is -3.79. The molecule has 1 heterocycles. The molecule has 3 aromatic rings. The second-order valence-electron chi connectivity index (χ2n) is 7.87. The zero-order valence-corrected chi connectivity index (χ0v) is 19.0. The summed E-state index contributed by atoms with van der Waals surface area (Å²) in [4.78, 5) is 24.7. The second-order valence-corrected chi connectivity index (χ2v) is 9.73. The molecule has 0 saturated carbocycles. The van der Waals surface area contributed by atoms with Crippen LogP contribution < -0.4 is 14.9 Å². The molecule has 4 rings (SSSR count). The molecule has 0 aromatic heterocycles. The molecular weight excluding hydrogens is 464 g/mol. The lowest BCUT2D eigenvalue weighted by Crippen LogP contribution is -2.35. The van der Waals surface area contributed by atoms with Crippen molar-refractivity contribution in [1.29, 1.82) is 0 Å². The topological polar surface area (TPSA) is 95.6 Å². The molecule has 0 bridgehead atoms. The molecule has 1 aliphatic heterocycles. The van der Waals surface area contributed by atoms with Crippen molar-refractivity contribution in [3.05, 3.63) is 83.4 Å². The van der Waals surface area contributed by atoms with Gasteiger partial charge >= 0.3 is 11.8 Å². The number of rotatable bonds is 4. The van der Waals surface area contributed by atoms with Crippen molar-refractivity contribution in [3.63, 3.8) is 0 Å². The molecule has 0 fully saturated rings. The van der Waals surface area contributed by atoms with Crippen molar-refractivity contribution >= 4 is 38.9 Å². The molecule has 176 valence electrons. The highest BCUT2D eigenvalue weighted by atomic mass is 32.2. The standard InChI is InChI=1S/C24H21F2N3O4S/c1-15-4-9-19(10-5-15)34(32,33)29-12-2-3-16-6-8-18(14-22(16)29)27-23(30)24(31)28-21-13-17(25)7-11-20(21)26/h4-11,13-14H,2-3,12H2,1H3,(H,27,30)(H,28,31). The minimum Gasteiger partial charge on any atom is -0.318 e. The number of benzene rings is 3. The van der Waals surface area contributed by atoms with Crippen LogP contribution in [-0.2, 0) is 26.0 Å². The molecule has 0 spiro atoms. The summed E-state index contributed by atoms with van der Waals surface area (Å²) in [6.45, 7) is 2.13. The number of halogens is 2. The number of fused-ring (bicyclic) bond motifs is 1. The Morgan fingerprint density at radius 3 is 2.35 bits per heavy atom. The summed E-state index contributed by atoms with van der Waals surface area (Å²) in [5.74, 6) is -3.99. The third-order valence-corrected chi connectivity index (χ3v) is 7.24. The molecule has 2 N–H and O–H groups in total. The first-order valence-corrected chi connectivity index (χ1v) is 11.9. The van der Waals surface area contributed by atoms with Crippen molar-refractivity contribution in [2.75, 3.05) is 21.5 Å². The van der Waals surface area contributed by atoms with Crippen LogP contribution in [-0.4, -0.2) is 26.8 Å². The van der Waals surface area contributed by atoms with Gasteiger partial charge in [0.2, 0.25) is 0 Å². The fraction of sp³-hybridized carbons (Fsp3) is 0.167. The van der Waals surface area contributed by atoms with Gasteiger partial charge in [0.25, 0.3) is 10.0 Å². The van der Waals surface area contributed by atoms with Crippen LogP contribution in [0.2, 0.25) is 0 Å². The molecule has 0 aliphatic carbocycles. The van der Waals surface area contributed by atoms with E-state index in [0.29, 0.717) is 18.5 Å². The van der Waals surface area contributed by atoms with Crippen molar-refractivity contribution < 1.29 is 26.8 Å². The van der Waals surface area contributed by atoms with Gasteiger partial charge < -0.3 is 10.6 Å². The van der Waals surface area contributed by atoms with Gasteiger partial charge in [-0.2, -0.15) is 0 Å². The van der Waals surface area contributed by atoms with Crippen molar-refractivity contribution in [2.24, 2.45) is 0 Å². The molecule has 0 saturated heterocycles. The first kappa shape index (κ1) is 23.4. The van der Waals surface area contributed by atoms with Gasteiger partial charge in [0.1, 0.15) is 11.6 Å². The number of hydrogen-bond acceptors (Lipinski definition) is 4. The first-order valence-electron chi connectivity index (χ1n) is 10.4. The maximum Gasteiger partial charge on any atom is 0.314 e. The van der Waals surface area contributed by atoms with Crippen LogP contribution in [0.5, 0.6) is 0 Å². The van der Waals surface area contributed by atoms with Gasteiger partial charge in [-0.05, 0) is 61.7 Å². The quantitative estimate of drug-likeness (QED) is 0.547. The number of aryl methyl sites for hydroxylation is 2. The highest BCUT2D eigenvalue weighted by Crippen LogP contribution is 2.34. The highest BCUT2D eigenvalue weighted by Gasteiger charge is 2.29. The maximum atomic E-state index is 13.8. The Balaban J connectivity index is 1.56. The van der Waals surface area contributed by atoms with E-state index in [2.05, 4.69) is 5.32 Å². The largest absolute Gasteiger partial charge is 0.318 e. The number of amides is 2. The predicted octanol–water partition coefficient (Wildman–Crippen LogP) is 3.99. The van der Waals surface area contributed by atoms with E-state index in [4.69, 9.17) is 0 Å². The van der Waals surface area contributed by atoms with Gasteiger partial charge in [0, 0.05) is 18.3 Å². The van der Waals surface area contributed by atoms with Crippen LogP contribution in [0.3, 0.4) is 0 Å². The lowest BCUT2D eigenvalue weighted by atomic mass is 10.0. The summed E-state index contributed by atoms with van der Waals surface area (Å²) < 4.78 is 54.9. The molecule has 7 nitrogen and oxygen atoms in total. The van der Waals surface area contributed by atoms with Gasteiger partial charge in [-0.25, -0.2) is 17.2 Å². The second kappa shape index (κ2) is 9.22. The average molecular weight is 486 g/mol. The summed E-state index contributed by atoms with van der Waals surface area (Å²) >= 11 is 0. The van der Waals surface area contributed by atoms with Crippen molar-refractivity contribution in [3.8, 4) is 0 Å². The molecule has 0 atom stereocenters. The summed E-state index contributed by atoms with van der Waals surface area (Å²) in [7, 11) is -3.84. The van der Waals surface area contributed by atoms with Gasteiger partial charge in [-0.15, -0.1) is 0 Å². The molecular formula is C24H21F2N3O4S. The smallest absolute Gasteiger partial charge is 0.314 e. The monoisotopic (exact) mass is 485 g/mol. The third-order valence-electron chi connectivity index (χ3n) is 5.41. The van der Waals surface area contributed by atoms with E-state index >= 15 is 0 Å². The number of anilines is 3. The van der Waals surface area contributed by atoms with Crippen LogP contribution in [0, 0.1) is 18.6 Å². The zero-order valence-electron chi connectivity index (χ0n) is 18.1. The van der Waals surface area contributed by atoms with Crippen LogP contribution in [0.4, 0.5) is 25.8 Å². The van der Waals surface area contributed by atoms with Gasteiger partial charge in [-0.1, -0.05) is 23.8 Å². The number of nitrogens with zero attached hydrogens (tertiary/aromatic N) is 1. The Kier molecular flexibility index (Phi) is 6.34. The summed E-state index contributed by atoms with van der Waals surface area (Å²) in [5, 5.41) is 4.40. The fourth-order valence-corrected chi connectivity index (χ4v) is 5.20. The number of nitrogens with one attached hydrogen (secondary N) is 2. The molecule has 1 aliphatic rings. The van der Waals surface area contributed by atoms with Crippen LogP contribution in [0.15, 0.2) is 65.6 Å². The van der Waals surface area contributed by atoms with Crippen LogP contribution >= 0.6 is 0 Å². The Morgan fingerprint density at radius 2 is 1.62 bits per heavy atom. The minimum absolute atomic E-state index is 0.150. The van der Waals surface area contributed by atoms with Crippen molar-refractivity contribution in [2.45, 2.75) is 24.7 Å². The summed E-state index contributed by atoms with van der Waals surface area (Å²) in [6, 6.07) is 13.7. The van der Waals surface area contributed by atoms with E-state index in [-0.39, 0.29) is 17.1 Å². The predicted molar refractivity (Wildman–Crippen MR) is 124 cm³/mol. The van der Waals surface area contributed by atoms with Crippen LogP contribution in [0.1, 0.15) is 17.5 Å². The van der Waals surface area contributed by atoms with E-state index < -0.39 is 39.2 Å². The molecule has 0 unspecified atom stereocenters. The van der Waals surface area contributed by atoms with E-state index in [1.165, 1.54) is 10.4 Å². The number of carbonyl (C=O) groups is 2. The van der Waals surface area contributed by atoms with Gasteiger partial charge in [0.05, 0.1) is 16.3 Å². The van der Waals surface area contributed by atoms with E-state index in [1.54, 1.807) is 36.4 Å². The van der Waals surface area contributed by atoms with Crippen LogP contribution in [0.25, 0.3) is 0 Å². The maximum absolute atomic E-state index is 13.8. The third kappa shape index (κ3) is 4.76.